The van der Waals surface area contributed by atoms with E-state index in [1.165, 1.54) is 16.8 Å². The minimum Gasteiger partial charge on any atom is -0.481 e. The summed E-state index contributed by atoms with van der Waals surface area (Å²) in [6.45, 7) is 7.45. The Morgan fingerprint density at radius 2 is 1.76 bits per heavy atom. The van der Waals surface area contributed by atoms with Crippen molar-refractivity contribution < 1.29 is 24.3 Å². The van der Waals surface area contributed by atoms with Crippen molar-refractivity contribution in [3.8, 4) is 0 Å². The van der Waals surface area contributed by atoms with Gasteiger partial charge >= 0.3 is 12.0 Å². The van der Waals surface area contributed by atoms with Crippen LogP contribution in [0, 0.1) is 11.3 Å². The van der Waals surface area contributed by atoms with Gasteiger partial charge < -0.3 is 26.0 Å². The van der Waals surface area contributed by atoms with E-state index in [0.717, 1.165) is 0 Å². The predicted molar refractivity (Wildman–Crippen MR) is 106 cm³/mol. The van der Waals surface area contributed by atoms with Gasteiger partial charge in [-0.2, -0.15) is 0 Å². The predicted octanol–water partition coefficient (Wildman–Crippen LogP) is -0.0751. The highest BCUT2D eigenvalue weighted by Crippen LogP contribution is 2.39. The number of urea groups is 1. The molecule has 0 aliphatic carbocycles. The summed E-state index contributed by atoms with van der Waals surface area (Å²) in [6, 6.07) is -1.73. The molecule has 0 aromatic carbocycles. The van der Waals surface area contributed by atoms with E-state index in [1.807, 2.05) is 20.8 Å². The van der Waals surface area contributed by atoms with Gasteiger partial charge in [-0.15, -0.1) is 0 Å². The van der Waals surface area contributed by atoms with Gasteiger partial charge in [0.1, 0.15) is 12.0 Å². The van der Waals surface area contributed by atoms with Gasteiger partial charge in [-0.3, -0.25) is 19.3 Å². The fourth-order valence-electron chi connectivity index (χ4n) is 3.63. The molecule has 4 N–H and O–H groups in total. The van der Waals surface area contributed by atoms with Gasteiger partial charge in [-0.25, -0.2) is 4.79 Å². The monoisotopic (exact) mass is 409 g/mol. The van der Waals surface area contributed by atoms with Crippen LogP contribution in [-0.2, 0) is 14.4 Å². The molecule has 0 saturated carbocycles. The molecular weight excluding hydrogens is 378 g/mol. The number of amides is 4. The zero-order valence-corrected chi connectivity index (χ0v) is 17.8. The summed E-state index contributed by atoms with van der Waals surface area (Å²) in [6.07, 6.45) is 0.385. The van der Waals surface area contributed by atoms with Gasteiger partial charge in [0.2, 0.25) is 11.8 Å². The van der Waals surface area contributed by atoms with Crippen LogP contribution in [0.15, 0.2) is 11.4 Å². The van der Waals surface area contributed by atoms with Crippen LogP contribution in [0.3, 0.4) is 0 Å². The van der Waals surface area contributed by atoms with E-state index in [9.17, 15) is 24.3 Å². The smallest absolute Gasteiger partial charge is 0.321 e. The minimum absolute atomic E-state index is 0.0210. The van der Waals surface area contributed by atoms with Crippen LogP contribution in [0.4, 0.5) is 4.79 Å². The first-order valence-electron chi connectivity index (χ1n) is 9.68. The number of carbonyl (C=O) groups is 4. The lowest BCUT2D eigenvalue weighted by molar-refractivity contribution is -0.142. The topological polar surface area (TPSA) is 131 Å². The Labute approximate surface area is 170 Å². The number of nitrogens with zero attached hydrogens (tertiary/aromatic N) is 2. The third-order valence-electron chi connectivity index (χ3n) is 5.43. The summed E-state index contributed by atoms with van der Waals surface area (Å²) >= 11 is 0. The molecule has 2 rings (SSSR count). The van der Waals surface area contributed by atoms with Crippen molar-refractivity contribution in [1.29, 1.82) is 0 Å². The largest absolute Gasteiger partial charge is 0.481 e. The number of carboxylic acid groups (broad SMARTS) is 1. The van der Waals surface area contributed by atoms with Crippen LogP contribution in [0.25, 0.3) is 0 Å². The Balaban J connectivity index is 2.38. The molecule has 2 heterocycles. The summed E-state index contributed by atoms with van der Waals surface area (Å²) in [5, 5.41) is 17.8. The number of likely N-dealkylation sites (N-methyl/N-ethyl adjacent to an activating group) is 1. The molecule has 0 radical (unpaired) electrons. The molecule has 10 heteroatoms. The number of hydrogen-bond donors (Lipinski definition) is 4. The zero-order valence-electron chi connectivity index (χ0n) is 17.8. The Morgan fingerprint density at radius 1 is 1.14 bits per heavy atom. The van der Waals surface area contributed by atoms with E-state index in [0.29, 0.717) is 17.8 Å². The van der Waals surface area contributed by atoms with Crippen LogP contribution in [0.5, 0.6) is 0 Å². The molecule has 29 heavy (non-hydrogen) atoms. The molecular formula is C19H31N5O5. The van der Waals surface area contributed by atoms with Crippen LogP contribution < -0.4 is 16.0 Å². The van der Waals surface area contributed by atoms with E-state index in [2.05, 4.69) is 16.0 Å². The number of aliphatic carboxylic acids is 1. The van der Waals surface area contributed by atoms with Crippen molar-refractivity contribution in [1.82, 2.24) is 25.8 Å². The molecule has 0 aromatic rings. The average molecular weight is 409 g/mol. The lowest BCUT2D eigenvalue weighted by Crippen LogP contribution is -2.57. The van der Waals surface area contributed by atoms with Gasteiger partial charge in [-0.05, 0) is 19.4 Å². The molecule has 0 fully saturated rings. The molecule has 162 valence electrons. The van der Waals surface area contributed by atoms with Crippen LogP contribution >= 0.6 is 0 Å². The number of rotatable bonds is 5. The normalized spacial score (nSPS) is 21.0. The van der Waals surface area contributed by atoms with E-state index >= 15 is 0 Å². The second kappa shape index (κ2) is 8.40. The zero-order chi connectivity index (χ0) is 22.1. The SMILES string of the molecule is CNC(=O)N1CC(C(=O)O)C2=C1CCN2C(=O)C(NC(=O)C(C)NC)C(C)(C)C. The second-order valence-corrected chi connectivity index (χ2v) is 8.45. The highest BCUT2D eigenvalue weighted by Gasteiger charge is 2.48. The first-order chi connectivity index (χ1) is 13.4. The molecule has 0 spiro atoms. The maximum atomic E-state index is 13.4. The molecule has 3 atom stereocenters. The van der Waals surface area contributed by atoms with Crippen molar-refractivity contribution in [3.05, 3.63) is 11.4 Å². The summed E-state index contributed by atoms with van der Waals surface area (Å²) in [5.74, 6) is -2.77. The van der Waals surface area contributed by atoms with Gasteiger partial charge in [0.25, 0.3) is 0 Å². The minimum atomic E-state index is -1.09. The second-order valence-electron chi connectivity index (χ2n) is 8.45. The lowest BCUT2D eigenvalue weighted by atomic mass is 9.85. The maximum absolute atomic E-state index is 13.4. The third-order valence-corrected chi connectivity index (χ3v) is 5.43. The fourth-order valence-corrected chi connectivity index (χ4v) is 3.63. The van der Waals surface area contributed by atoms with Crippen LogP contribution in [0.1, 0.15) is 34.1 Å². The van der Waals surface area contributed by atoms with E-state index < -0.39 is 35.4 Å². The number of hydrogen-bond acceptors (Lipinski definition) is 5. The molecule has 4 amide bonds. The Hall–Kier alpha value is -2.62. The first-order valence-corrected chi connectivity index (χ1v) is 9.68. The van der Waals surface area contributed by atoms with E-state index in [4.69, 9.17) is 0 Å². The molecule has 2 aliphatic rings. The Morgan fingerprint density at radius 3 is 2.24 bits per heavy atom. The number of carbonyl (C=O) groups excluding carboxylic acids is 3. The van der Waals surface area contributed by atoms with Gasteiger partial charge in [-0.1, -0.05) is 20.8 Å². The average Bonchev–Trinajstić information content (AvgIpc) is 3.23. The molecule has 0 aromatic heterocycles. The van der Waals surface area contributed by atoms with Crippen molar-refractivity contribution in [2.45, 2.75) is 46.2 Å². The van der Waals surface area contributed by atoms with Crippen molar-refractivity contribution in [3.63, 3.8) is 0 Å². The Bertz CT molecular complexity index is 742. The quantitative estimate of drug-likeness (QED) is 0.503. The lowest BCUT2D eigenvalue weighted by Gasteiger charge is -2.35. The van der Waals surface area contributed by atoms with E-state index in [1.54, 1.807) is 14.0 Å². The summed E-state index contributed by atoms with van der Waals surface area (Å²) in [4.78, 5) is 52.7. The molecule has 3 unspecified atom stereocenters. The van der Waals surface area contributed by atoms with Crippen molar-refractivity contribution in [2.24, 2.45) is 11.3 Å². The third kappa shape index (κ3) is 4.36. The van der Waals surface area contributed by atoms with E-state index in [-0.39, 0.29) is 24.9 Å². The number of carboxylic acids is 1. The highest BCUT2D eigenvalue weighted by atomic mass is 16.4. The van der Waals surface area contributed by atoms with Crippen LogP contribution in [0.2, 0.25) is 0 Å². The van der Waals surface area contributed by atoms with Gasteiger partial charge in [0.15, 0.2) is 0 Å². The summed E-state index contributed by atoms with van der Waals surface area (Å²) < 4.78 is 0. The standard InChI is InChI=1S/C19H31N5O5/c1-10(20-5)15(25)22-14(19(2,3)4)16(26)23-8-7-12-13(23)11(17(27)28)9-24(12)18(29)21-6/h10-11,14,20H,7-9H2,1-6H3,(H,21,29)(H,22,25)(H,27,28). The molecule has 2 aliphatic heterocycles. The maximum Gasteiger partial charge on any atom is 0.321 e. The highest BCUT2D eigenvalue weighted by molar-refractivity contribution is 5.93. The summed E-state index contributed by atoms with van der Waals surface area (Å²) in [7, 11) is 3.13. The van der Waals surface area contributed by atoms with Crippen molar-refractivity contribution in [2.75, 3.05) is 27.2 Å². The Kier molecular flexibility index (Phi) is 6.56. The molecule has 0 bridgehead atoms. The van der Waals surface area contributed by atoms with Gasteiger partial charge in [0.05, 0.1) is 11.7 Å². The van der Waals surface area contributed by atoms with Crippen molar-refractivity contribution >= 4 is 23.8 Å². The number of nitrogens with one attached hydrogen (secondary N) is 3. The summed E-state index contributed by atoms with van der Waals surface area (Å²) in [5.41, 5.74) is 0.297. The van der Waals surface area contributed by atoms with Gasteiger partial charge in [0, 0.05) is 32.3 Å². The molecule has 10 nitrogen and oxygen atoms in total. The fraction of sp³-hybridized carbons (Fsp3) is 0.684. The molecule has 0 saturated heterocycles. The van der Waals surface area contributed by atoms with Crippen LogP contribution in [-0.4, -0.2) is 78.0 Å². The first kappa shape index (κ1) is 22.7.